The molecule has 0 amide bonds. The van der Waals surface area contributed by atoms with Crippen LogP contribution in [0.3, 0.4) is 0 Å². The van der Waals surface area contributed by atoms with Crippen LogP contribution in [-0.2, 0) is 4.65 Å². The molecular formula is C32H30BNO6. The number of aromatic nitrogens is 1. The minimum atomic E-state index is -1.09. The molecule has 2 heterocycles. The van der Waals surface area contributed by atoms with Crippen LogP contribution in [0.25, 0.3) is 11.6 Å². The quantitative estimate of drug-likeness (QED) is 0.312. The standard InChI is InChI=1S/C32H30BNO6/c35-18-21-16-25-30(32(38)24-9-2-1-8-23(24)31(25)37)26-17-33(39)40-28(29(21)26)12-11-20(27-10-3-4-13-34-27)14-19-6-5-7-22(36)15-19/h1-10,13-15,25-26,28,30,35-36,39H,11-12,16-18H2/b20-14-/t25-,26+,28-,30-/m1/s1. The number of allylic oxidation sites excluding steroid dienone is 1. The van der Waals surface area contributed by atoms with Crippen molar-refractivity contribution in [2.45, 2.75) is 31.7 Å². The number of fused-ring (bicyclic) bond motifs is 4. The van der Waals surface area contributed by atoms with Gasteiger partial charge in [-0.25, -0.2) is 0 Å². The Hall–Kier alpha value is -3.85. The summed E-state index contributed by atoms with van der Waals surface area (Å²) < 4.78 is 6.06. The molecule has 4 atom stereocenters. The summed E-state index contributed by atoms with van der Waals surface area (Å²) in [4.78, 5) is 31.8. The zero-order chi connectivity index (χ0) is 27.8. The predicted octanol–water partition coefficient (Wildman–Crippen LogP) is 4.61. The molecule has 0 radical (unpaired) electrons. The lowest BCUT2D eigenvalue weighted by Gasteiger charge is -2.47. The number of carbonyl (C=O) groups is 2. The molecule has 1 fully saturated rings. The monoisotopic (exact) mass is 535 g/mol. The van der Waals surface area contributed by atoms with E-state index in [1.165, 1.54) is 0 Å². The average molecular weight is 535 g/mol. The minimum Gasteiger partial charge on any atom is -0.508 e. The van der Waals surface area contributed by atoms with E-state index in [1.807, 2.05) is 30.3 Å². The molecular weight excluding hydrogens is 505 g/mol. The maximum absolute atomic E-state index is 13.7. The molecule has 1 saturated heterocycles. The van der Waals surface area contributed by atoms with Crippen LogP contribution in [-0.4, -0.2) is 51.6 Å². The van der Waals surface area contributed by atoms with E-state index in [9.17, 15) is 24.8 Å². The predicted molar refractivity (Wildman–Crippen MR) is 151 cm³/mol. The second-order valence-electron chi connectivity index (χ2n) is 10.8. The van der Waals surface area contributed by atoms with Crippen LogP contribution in [0.2, 0.25) is 6.32 Å². The van der Waals surface area contributed by atoms with Gasteiger partial charge >= 0.3 is 7.12 Å². The third-order valence-electron chi connectivity index (χ3n) is 8.43. The highest BCUT2D eigenvalue weighted by Gasteiger charge is 2.53. The molecule has 202 valence electrons. The Morgan fingerprint density at radius 3 is 2.50 bits per heavy atom. The molecule has 2 aliphatic carbocycles. The van der Waals surface area contributed by atoms with Crippen LogP contribution in [0.4, 0.5) is 0 Å². The molecule has 0 saturated carbocycles. The first kappa shape index (κ1) is 26.4. The maximum atomic E-state index is 13.7. The van der Waals surface area contributed by atoms with Gasteiger partial charge in [-0.1, -0.05) is 42.5 Å². The van der Waals surface area contributed by atoms with Gasteiger partial charge in [0.1, 0.15) is 5.75 Å². The van der Waals surface area contributed by atoms with Crippen molar-refractivity contribution in [1.29, 1.82) is 0 Å². The first-order valence-electron chi connectivity index (χ1n) is 13.7. The van der Waals surface area contributed by atoms with E-state index >= 15 is 0 Å². The van der Waals surface area contributed by atoms with Gasteiger partial charge in [-0.2, -0.15) is 0 Å². The molecule has 0 spiro atoms. The molecule has 8 heteroatoms. The average Bonchev–Trinajstić information content (AvgIpc) is 2.97. The molecule has 0 unspecified atom stereocenters. The number of ketones is 2. The van der Waals surface area contributed by atoms with Crippen molar-refractivity contribution in [1.82, 2.24) is 4.98 Å². The molecule has 7 nitrogen and oxygen atoms in total. The molecule has 0 bridgehead atoms. The van der Waals surface area contributed by atoms with Crippen LogP contribution in [0, 0.1) is 17.8 Å². The molecule has 40 heavy (non-hydrogen) atoms. The lowest BCUT2D eigenvalue weighted by Crippen LogP contribution is -2.51. The number of phenolic OH excluding ortho intramolecular Hbond substituents is 1. The molecule has 1 aliphatic heterocycles. The maximum Gasteiger partial charge on any atom is 0.455 e. The number of Topliss-reactive ketones (excluding diaryl/α,β-unsaturated/α-hetero) is 2. The zero-order valence-corrected chi connectivity index (χ0v) is 21.9. The second-order valence-corrected chi connectivity index (χ2v) is 10.8. The van der Waals surface area contributed by atoms with E-state index in [0.717, 1.165) is 28.0 Å². The first-order chi connectivity index (χ1) is 19.4. The van der Waals surface area contributed by atoms with E-state index < -0.39 is 31.0 Å². The number of carbonyl (C=O) groups excluding carboxylic acids is 2. The largest absolute Gasteiger partial charge is 0.508 e. The van der Waals surface area contributed by atoms with Gasteiger partial charge in [-0.3, -0.25) is 14.6 Å². The fourth-order valence-corrected chi connectivity index (χ4v) is 6.74. The number of pyridine rings is 1. The molecule has 1 aromatic heterocycles. The number of aliphatic hydroxyl groups is 1. The Morgan fingerprint density at radius 2 is 1.77 bits per heavy atom. The first-order valence-corrected chi connectivity index (χ1v) is 13.7. The van der Waals surface area contributed by atoms with Crippen molar-refractivity contribution in [3.8, 4) is 5.75 Å². The van der Waals surface area contributed by atoms with Crippen molar-refractivity contribution in [2.24, 2.45) is 17.8 Å². The smallest absolute Gasteiger partial charge is 0.455 e. The molecule has 2 aromatic carbocycles. The number of phenols is 1. The fraction of sp³-hybridized carbons (Fsp3) is 0.281. The van der Waals surface area contributed by atoms with Crippen LogP contribution >= 0.6 is 0 Å². The fourth-order valence-electron chi connectivity index (χ4n) is 6.74. The normalized spacial score (nSPS) is 24.4. The van der Waals surface area contributed by atoms with Gasteiger partial charge in [-0.05, 0) is 84.1 Å². The van der Waals surface area contributed by atoms with Gasteiger partial charge in [0.25, 0.3) is 0 Å². The van der Waals surface area contributed by atoms with Crippen LogP contribution in [0.1, 0.15) is 51.2 Å². The Labute approximate surface area is 233 Å². The lowest BCUT2D eigenvalue weighted by atomic mass is 9.54. The third kappa shape index (κ3) is 4.83. The highest BCUT2D eigenvalue weighted by atomic mass is 16.5. The van der Waals surface area contributed by atoms with E-state index in [2.05, 4.69) is 4.98 Å². The van der Waals surface area contributed by atoms with Crippen molar-refractivity contribution >= 4 is 30.3 Å². The van der Waals surface area contributed by atoms with E-state index in [-0.39, 0.29) is 30.2 Å². The third-order valence-corrected chi connectivity index (χ3v) is 8.43. The highest BCUT2D eigenvalue weighted by Crippen LogP contribution is 2.51. The SMILES string of the molecule is O=C1c2ccccc2C(=O)[C@@H]2CC(CO)=C3[C@@H](CC/C(=C/c4cccc(O)c4)c4ccccn4)OB(O)C[C@@H]3[C@H]12. The zero-order valence-electron chi connectivity index (χ0n) is 21.9. The Balaban J connectivity index is 1.34. The van der Waals surface area contributed by atoms with Crippen molar-refractivity contribution in [3.05, 3.63) is 106 Å². The summed E-state index contributed by atoms with van der Waals surface area (Å²) in [5, 5.41) is 31.2. The lowest BCUT2D eigenvalue weighted by molar-refractivity contribution is 0.0591. The van der Waals surface area contributed by atoms with Crippen LogP contribution < -0.4 is 0 Å². The Bertz CT molecular complexity index is 1520. The van der Waals surface area contributed by atoms with Gasteiger partial charge in [0.05, 0.1) is 18.4 Å². The number of hydrogen-bond acceptors (Lipinski definition) is 7. The number of aromatic hydroxyl groups is 1. The number of aliphatic hydroxyl groups excluding tert-OH is 1. The summed E-state index contributed by atoms with van der Waals surface area (Å²) in [7, 11) is -1.09. The van der Waals surface area contributed by atoms with E-state index in [0.29, 0.717) is 30.4 Å². The molecule has 6 rings (SSSR count). The van der Waals surface area contributed by atoms with Crippen LogP contribution in [0.15, 0.2) is 84.1 Å². The summed E-state index contributed by atoms with van der Waals surface area (Å²) in [6, 6.07) is 19.6. The number of benzene rings is 2. The number of nitrogens with zero attached hydrogens (tertiary/aromatic N) is 1. The summed E-state index contributed by atoms with van der Waals surface area (Å²) in [5.41, 5.74) is 4.96. The van der Waals surface area contributed by atoms with Crippen molar-refractivity contribution in [3.63, 3.8) is 0 Å². The van der Waals surface area contributed by atoms with Gasteiger partial charge in [0.15, 0.2) is 11.6 Å². The summed E-state index contributed by atoms with van der Waals surface area (Å²) >= 11 is 0. The Morgan fingerprint density at radius 1 is 1.00 bits per heavy atom. The minimum absolute atomic E-state index is 0.0748. The topological polar surface area (TPSA) is 117 Å². The van der Waals surface area contributed by atoms with Gasteiger partial charge in [0.2, 0.25) is 0 Å². The van der Waals surface area contributed by atoms with E-state index in [4.69, 9.17) is 4.65 Å². The van der Waals surface area contributed by atoms with Gasteiger partial charge in [0, 0.05) is 29.2 Å². The second kappa shape index (κ2) is 11.0. The molecule has 3 N–H and O–H groups in total. The summed E-state index contributed by atoms with van der Waals surface area (Å²) in [6.07, 6.45) is 4.66. The van der Waals surface area contributed by atoms with Gasteiger partial charge < -0.3 is 19.9 Å². The number of hydrogen-bond donors (Lipinski definition) is 3. The molecule has 3 aliphatic rings. The van der Waals surface area contributed by atoms with Crippen molar-refractivity contribution in [2.75, 3.05) is 6.61 Å². The highest BCUT2D eigenvalue weighted by molar-refractivity contribution is 6.43. The van der Waals surface area contributed by atoms with Crippen molar-refractivity contribution < 1.29 is 29.5 Å². The summed E-state index contributed by atoms with van der Waals surface area (Å²) in [6.45, 7) is -0.236. The van der Waals surface area contributed by atoms with Gasteiger partial charge in [-0.15, -0.1) is 0 Å². The Kier molecular flexibility index (Phi) is 7.23. The number of rotatable bonds is 6. The summed E-state index contributed by atoms with van der Waals surface area (Å²) in [5.74, 6) is -1.53. The molecule has 3 aromatic rings. The van der Waals surface area contributed by atoms with E-state index in [1.54, 1.807) is 48.7 Å². The van der Waals surface area contributed by atoms with Crippen LogP contribution in [0.5, 0.6) is 5.75 Å².